The zero-order chi connectivity index (χ0) is 17.4. The first kappa shape index (κ1) is 17.6. The lowest BCUT2D eigenvalue weighted by Gasteiger charge is -2.18. The Morgan fingerprint density at radius 2 is 1.50 bits per heavy atom. The summed E-state index contributed by atoms with van der Waals surface area (Å²) in [6.45, 7) is 7.80. The molecule has 0 N–H and O–H groups in total. The molecule has 0 aromatic heterocycles. The van der Waals surface area contributed by atoms with Crippen LogP contribution in [0, 0.1) is 13.8 Å². The van der Waals surface area contributed by atoms with E-state index in [1.165, 1.54) is 0 Å². The van der Waals surface area contributed by atoms with E-state index in [4.69, 9.17) is 14.2 Å². The second kappa shape index (κ2) is 8.77. The number of hydrogen-bond donors (Lipinski definition) is 0. The van der Waals surface area contributed by atoms with Crippen LogP contribution in [0.3, 0.4) is 0 Å². The van der Waals surface area contributed by atoms with Gasteiger partial charge in [-0.1, -0.05) is 30.8 Å². The highest BCUT2D eigenvalue weighted by Gasteiger charge is 2.15. The Balaban J connectivity index is 1.95. The third-order valence-electron chi connectivity index (χ3n) is 3.30. The van der Waals surface area contributed by atoms with Crippen molar-refractivity contribution >= 4 is 5.97 Å². The first-order chi connectivity index (χ1) is 11.6. The van der Waals surface area contributed by atoms with Crippen molar-refractivity contribution in [1.82, 2.24) is 0 Å². The molecule has 0 bridgehead atoms. The average molecular weight is 326 g/mol. The van der Waals surface area contributed by atoms with Gasteiger partial charge in [0.2, 0.25) is 0 Å². The molecule has 24 heavy (non-hydrogen) atoms. The van der Waals surface area contributed by atoms with E-state index in [1.54, 1.807) is 0 Å². The molecule has 2 aromatic carbocycles. The second-order valence-electron chi connectivity index (χ2n) is 5.52. The van der Waals surface area contributed by atoms with Crippen molar-refractivity contribution in [2.75, 3.05) is 13.2 Å². The highest BCUT2D eigenvalue weighted by molar-refractivity contribution is 5.81. The summed E-state index contributed by atoms with van der Waals surface area (Å²) < 4.78 is 16.7. The van der Waals surface area contributed by atoms with Crippen LogP contribution in [-0.4, -0.2) is 25.3 Å². The second-order valence-corrected chi connectivity index (χ2v) is 5.52. The number of ether oxygens (including phenoxy) is 3. The molecular formula is C20H22O4. The molecule has 126 valence electrons. The number of aryl methyl sites for hydroxylation is 2. The molecule has 0 aliphatic heterocycles. The Labute approximate surface area is 142 Å². The normalized spacial score (nSPS) is 10.3. The van der Waals surface area contributed by atoms with Crippen LogP contribution in [0.5, 0.6) is 11.5 Å². The molecule has 0 saturated carbocycles. The molecule has 0 heterocycles. The molecular weight excluding hydrogens is 304 g/mol. The minimum absolute atomic E-state index is 0.203. The van der Waals surface area contributed by atoms with Gasteiger partial charge in [-0.25, -0.2) is 4.79 Å². The van der Waals surface area contributed by atoms with Crippen molar-refractivity contribution in [3.05, 3.63) is 72.3 Å². The summed E-state index contributed by atoms with van der Waals surface area (Å²) in [4.78, 5) is 11.5. The molecule has 0 unspecified atom stereocenters. The fourth-order valence-electron chi connectivity index (χ4n) is 2.12. The van der Waals surface area contributed by atoms with Crippen LogP contribution in [0.4, 0.5) is 0 Å². The average Bonchev–Trinajstić information content (AvgIpc) is 2.57. The van der Waals surface area contributed by atoms with Crippen LogP contribution in [0.25, 0.3) is 0 Å². The predicted octanol–water partition coefficient (Wildman–Crippen LogP) is 3.86. The maximum Gasteiger partial charge on any atom is 0.330 e. The number of carbonyl (C=O) groups is 1. The minimum atomic E-state index is -0.531. The SMILES string of the molecule is C=CC(=O)OC(COc1cccc(C)c1)COc1cccc(C)c1. The molecule has 0 amide bonds. The van der Waals surface area contributed by atoms with Crippen LogP contribution in [0.1, 0.15) is 11.1 Å². The van der Waals surface area contributed by atoms with Crippen LogP contribution in [0.2, 0.25) is 0 Å². The molecule has 2 rings (SSSR count). The quantitative estimate of drug-likeness (QED) is 0.546. The largest absolute Gasteiger partial charge is 0.490 e. The summed E-state index contributed by atoms with van der Waals surface area (Å²) in [6, 6.07) is 15.4. The van der Waals surface area contributed by atoms with E-state index < -0.39 is 12.1 Å². The fourth-order valence-corrected chi connectivity index (χ4v) is 2.12. The lowest BCUT2D eigenvalue weighted by molar-refractivity contribution is -0.146. The van der Waals surface area contributed by atoms with Gasteiger partial charge >= 0.3 is 5.97 Å². The Bertz CT molecular complexity index is 644. The predicted molar refractivity (Wildman–Crippen MR) is 93.4 cm³/mol. The first-order valence-electron chi connectivity index (χ1n) is 7.79. The number of rotatable bonds is 8. The van der Waals surface area contributed by atoms with Crippen LogP contribution >= 0.6 is 0 Å². The van der Waals surface area contributed by atoms with E-state index in [-0.39, 0.29) is 13.2 Å². The minimum Gasteiger partial charge on any atom is -0.490 e. The number of esters is 1. The van der Waals surface area contributed by atoms with E-state index >= 15 is 0 Å². The zero-order valence-corrected chi connectivity index (χ0v) is 14.0. The molecule has 0 saturated heterocycles. The van der Waals surface area contributed by atoms with Gasteiger partial charge in [0.25, 0.3) is 0 Å². The molecule has 4 nitrogen and oxygen atoms in total. The van der Waals surface area contributed by atoms with E-state index in [9.17, 15) is 4.79 Å². The Kier molecular flexibility index (Phi) is 6.43. The lowest BCUT2D eigenvalue weighted by atomic mass is 10.2. The van der Waals surface area contributed by atoms with Gasteiger partial charge < -0.3 is 14.2 Å². The maximum absolute atomic E-state index is 11.5. The van der Waals surface area contributed by atoms with E-state index in [0.717, 1.165) is 28.7 Å². The smallest absolute Gasteiger partial charge is 0.330 e. The molecule has 0 radical (unpaired) electrons. The number of hydrogen-bond acceptors (Lipinski definition) is 4. The highest BCUT2D eigenvalue weighted by atomic mass is 16.6. The van der Waals surface area contributed by atoms with Gasteiger partial charge in [0.05, 0.1) is 0 Å². The van der Waals surface area contributed by atoms with E-state index in [2.05, 4.69) is 6.58 Å². The Morgan fingerprint density at radius 3 is 1.92 bits per heavy atom. The fraction of sp³-hybridized carbons (Fsp3) is 0.250. The summed E-state index contributed by atoms with van der Waals surface area (Å²) in [7, 11) is 0. The summed E-state index contributed by atoms with van der Waals surface area (Å²) in [5.41, 5.74) is 2.20. The van der Waals surface area contributed by atoms with Gasteiger partial charge in [0.15, 0.2) is 6.10 Å². The van der Waals surface area contributed by atoms with Gasteiger partial charge in [-0.2, -0.15) is 0 Å². The van der Waals surface area contributed by atoms with Gasteiger partial charge in [-0.15, -0.1) is 0 Å². The maximum atomic E-state index is 11.5. The zero-order valence-electron chi connectivity index (χ0n) is 14.0. The molecule has 4 heteroatoms. The van der Waals surface area contributed by atoms with Gasteiger partial charge in [0, 0.05) is 6.08 Å². The van der Waals surface area contributed by atoms with Gasteiger partial charge in [0.1, 0.15) is 24.7 Å². The van der Waals surface area contributed by atoms with Crippen molar-refractivity contribution in [1.29, 1.82) is 0 Å². The van der Waals surface area contributed by atoms with Crippen molar-refractivity contribution in [2.45, 2.75) is 20.0 Å². The topological polar surface area (TPSA) is 44.8 Å². The van der Waals surface area contributed by atoms with Crippen molar-refractivity contribution in [2.24, 2.45) is 0 Å². The molecule has 0 atom stereocenters. The standard InChI is InChI=1S/C20H22O4/c1-4-20(21)24-19(13-22-17-9-5-7-15(2)11-17)14-23-18-10-6-8-16(3)12-18/h4-12,19H,1,13-14H2,2-3H3. The van der Waals surface area contributed by atoms with E-state index in [0.29, 0.717) is 0 Å². The highest BCUT2D eigenvalue weighted by Crippen LogP contribution is 2.15. The third kappa shape index (κ3) is 5.80. The number of carbonyl (C=O) groups excluding carboxylic acids is 1. The molecule has 0 aliphatic carbocycles. The molecule has 2 aromatic rings. The van der Waals surface area contributed by atoms with Crippen molar-refractivity contribution in [3.8, 4) is 11.5 Å². The summed E-state index contributed by atoms with van der Waals surface area (Å²) in [5, 5.41) is 0. The first-order valence-corrected chi connectivity index (χ1v) is 7.79. The lowest BCUT2D eigenvalue weighted by Crippen LogP contribution is -2.30. The van der Waals surface area contributed by atoms with Crippen molar-refractivity contribution in [3.63, 3.8) is 0 Å². The summed E-state index contributed by atoms with van der Waals surface area (Å²) >= 11 is 0. The van der Waals surface area contributed by atoms with Crippen LogP contribution < -0.4 is 9.47 Å². The van der Waals surface area contributed by atoms with Crippen LogP contribution in [-0.2, 0) is 9.53 Å². The third-order valence-corrected chi connectivity index (χ3v) is 3.30. The molecule has 0 fully saturated rings. The van der Waals surface area contributed by atoms with Gasteiger partial charge in [-0.3, -0.25) is 0 Å². The van der Waals surface area contributed by atoms with Crippen LogP contribution in [0.15, 0.2) is 61.2 Å². The van der Waals surface area contributed by atoms with Crippen molar-refractivity contribution < 1.29 is 19.0 Å². The summed E-state index contributed by atoms with van der Waals surface area (Å²) in [6.07, 6.45) is 0.600. The Hall–Kier alpha value is -2.75. The molecule has 0 spiro atoms. The van der Waals surface area contributed by atoms with Gasteiger partial charge in [-0.05, 0) is 49.2 Å². The number of benzene rings is 2. The molecule has 0 aliphatic rings. The summed E-state index contributed by atoms with van der Waals surface area (Å²) in [5.74, 6) is 0.955. The monoisotopic (exact) mass is 326 g/mol. The Morgan fingerprint density at radius 1 is 1.00 bits per heavy atom. The van der Waals surface area contributed by atoms with E-state index in [1.807, 2.05) is 62.4 Å².